The predicted octanol–water partition coefficient (Wildman–Crippen LogP) is 3.75. The van der Waals surface area contributed by atoms with Crippen LogP contribution < -0.4 is 5.32 Å². The molecule has 2 aromatic rings. The Bertz CT molecular complexity index is 609. The van der Waals surface area contributed by atoms with Gasteiger partial charge in [-0.2, -0.15) is 0 Å². The number of pyridine rings is 1. The first-order valence-corrected chi connectivity index (χ1v) is 7.88. The third-order valence-corrected chi connectivity index (χ3v) is 3.63. The standard InChI is InChI=1S/C19H24N2O2/c1-14(2)11-18(17-5-4-10-20-12-17)21-19(22)16-8-6-15(7-9-16)13-23-3/h4-10,12,14,18H,11,13H2,1-3H3,(H,21,22). The van der Waals surface area contributed by atoms with Crippen LogP contribution in [0.25, 0.3) is 0 Å². The number of ether oxygens (including phenoxy) is 1. The second-order valence-corrected chi connectivity index (χ2v) is 6.07. The Balaban J connectivity index is 2.10. The van der Waals surface area contributed by atoms with Gasteiger partial charge < -0.3 is 10.1 Å². The minimum atomic E-state index is -0.0662. The summed E-state index contributed by atoms with van der Waals surface area (Å²) in [6, 6.07) is 11.4. The van der Waals surface area contributed by atoms with Crippen LogP contribution in [0.4, 0.5) is 0 Å². The van der Waals surface area contributed by atoms with Crippen molar-refractivity contribution < 1.29 is 9.53 Å². The fourth-order valence-corrected chi connectivity index (χ4v) is 2.49. The molecule has 1 aromatic heterocycles. The van der Waals surface area contributed by atoms with Crippen LogP contribution in [0.15, 0.2) is 48.8 Å². The molecule has 1 N–H and O–H groups in total. The first-order chi connectivity index (χ1) is 11.1. The maximum atomic E-state index is 12.5. The largest absolute Gasteiger partial charge is 0.380 e. The van der Waals surface area contributed by atoms with Crippen LogP contribution in [0, 0.1) is 5.92 Å². The summed E-state index contributed by atoms with van der Waals surface area (Å²) in [7, 11) is 1.66. The van der Waals surface area contributed by atoms with Gasteiger partial charge in [-0.25, -0.2) is 0 Å². The van der Waals surface area contributed by atoms with E-state index < -0.39 is 0 Å². The van der Waals surface area contributed by atoms with Gasteiger partial charge in [-0.05, 0) is 41.7 Å². The molecule has 0 aliphatic rings. The number of rotatable bonds is 7. The van der Waals surface area contributed by atoms with Crippen molar-refractivity contribution in [2.24, 2.45) is 5.92 Å². The molecule has 0 saturated carbocycles. The number of amides is 1. The molecule has 0 spiro atoms. The lowest BCUT2D eigenvalue weighted by Crippen LogP contribution is -2.29. The number of hydrogen-bond donors (Lipinski definition) is 1. The van der Waals surface area contributed by atoms with Gasteiger partial charge in [0.2, 0.25) is 0 Å². The molecule has 2 rings (SSSR count). The highest BCUT2D eigenvalue weighted by atomic mass is 16.5. The van der Waals surface area contributed by atoms with Gasteiger partial charge in [-0.15, -0.1) is 0 Å². The Morgan fingerprint density at radius 3 is 2.52 bits per heavy atom. The smallest absolute Gasteiger partial charge is 0.251 e. The molecule has 0 aliphatic heterocycles. The zero-order valence-electron chi connectivity index (χ0n) is 14.0. The summed E-state index contributed by atoms with van der Waals surface area (Å²) < 4.78 is 5.09. The first kappa shape index (κ1) is 17.2. The number of nitrogens with zero attached hydrogens (tertiary/aromatic N) is 1. The topological polar surface area (TPSA) is 51.2 Å². The predicted molar refractivity (Wildman–Crippen MR) is 91.1 cm³/mol. The average molecular weight is 312 g/mol. The van der Waals surface area contributed by atoms with E-state index >= 15 is 0 Å². The van der Waals surface area contributed by atoms with Gasteiger partial charge in [0.05, 0.1) is 12.6 Å². The molecule has 0 radical (unpaired) electrons. The molecule has 23 heavy (non-hydrogen) atoms. The molecule has 0 bridgehead atoms. The number of nitrogens with one attached hydrogen (secondary N) is 1. The summed E-state index contributed by atoms with van der Waals surface area (Å²) in [6.07, 6.45) is 4.43. The lowest BCUT2D eigenvalue weighted by molar-refractivity contribution is 0.0932. The van der Waals surface area contributed by atoms with Gasteiger partial charge in [0.25, 0.3) is 5.91 Å². The van der Waals surface area contributed by atoms with E-state index in [2.05, 4.69) is 24.1 Å². The zero-order valence-corrected chi connectivity index (χ0v) is 14.0. The van der Waals surface area contributed by atoms with Gasteiger partial charge in [0.15, 0.2) is 0 Å². The maximum Gasteiger partial charge on any atom is 0.251 e. The van der Waals surface area contributed by atoms with Gasteiger partial charge in [-0.3, -0.25) is 9.78 Å². The van der Waals surface area contributed by atoms with Crippen molar-refractivity contribution in [2.75, 3.05) is 7.11 Å². The van der Waals surface area contributed by atoms with Crippen LogP contribution in [-0.2, 0) is 11.3 Å². The SMILES string of the molecule is COCc1ccc(C(=O)NC(CC(C)C)c2cccnc2)cc1. The molecular weight excluding hydrogens is 288 g/mol. The highest BCUT2D eigenvalue weighted by molar-refractivity contribution is 5.94. The highest BCUT2D eigenvalue weighted by Gasteiger charge is 2.17. The Labute approximate surface area is 137 Å². The van der Waals surface area contributed by atoms with Gasteiger partial charge in [-0.1, -0.05) is 32.0 Å². The average Bonchev–Trinajstić information content (AvgIpc) is 2.55. The summed E-state index contributed by atoms with van der Waals surface area (Å²) in [5, 5.41) is 3.12. The summed E-state index contributed by atoms with van der Waals surface area (Å²) >= 11 is 0. The Morgan fingerprint density at radius 2 is 1.96 bits per heavy atom. The van der Waals surface area contributed by atoms with Crippen molar-refractivity contribution in [1.82, 2.24) is 10.3 Å². The zero-order chi connectivity index (χ0) is 16.7. The lowest BCUT2D eigenvalue weighted by Gasteiger charge is -2.21. The van der Waals surface area contributed by atoms with Crippen LogP contribution in [-0.4, -0.2) is 18.0 Å². The molecular formula is C19H24N2O2. The van der Waals surface area contributed by atoms with Crippen molar-refractivity contribution >= 4 is 5.91 Å². The third-order valence-electron chi connectivity index (χ3n) is 3.63. The van der Waals surface area contributed by atoms with E-state index in [1.807, 2.05) is 42.6 Å². The normalized spacial score (nSPS) is 12.2. The third kappa shape index (κ3) is 5.18. The molecule has 122 valence electrons. The van der Waals surface area contributed by atoms with Crippen molar-refractivity contribution in [1.29, 1.82) is 0 Å². The summed E-state index contributed by atoms with van der Waals surface area (Å²) in [6.45, 7) is 4.84. The number of carbonyl (C=O) groups is 1. The molecule has 0 saturated heterocycles. The summed E-state index contributed by atoms with van der Waals surface area (Å²) in [5.74, 6) is 0.410. The van der Waals surface area contributed by atoms with Crippen molar-refractivity contribution in [3.05, 3.63) is 65.5 Å². The van der Waals surface area contributed by atoms with Gasteiger partial charge in [0, 0.05) is 25.1 Å². The van der Waals surface area contributed by atoms with E-state index in [-0.39, 0.29) is 11.9 Å². The van der Waals surface area contributed by atoms with Crippen molar-refractivity contribution in [3.8, 4) is 0 Å². The van der Waals surface area contributed by atoms with E-state index in [0.717, 1.165) is 17.5 Å². The van der Waals surface area contributed by atoms with Crippen molar-refractivity contribution in [3.63, 3.8) is 0 Å². The summed E-state index contributed by atoms with van der Waals surface area (Å²) in [4.78, 5) is 16.7. The van der Waals surface area contributed by atoms with Gasteiger partial charge >= 0.3 is 0 Å². The second kappa shape index (κ2) is 8.44. The van der Waals surface area contributed by atoms with Crippen LogP contribution in [0.1, 0.15) is 47.8 Å². The lowest BCUT2D eigenvalue weighted by atomic mass is 9.97. The van der Waals surface area contributed by atoms with E-state index in [9.17, 15) is 4.79 Å². The number of hydrogen-bond acceptors (Lipinski definition) is 3. The number of carbonyl (C=O) groups excluding carboxylic acids is 1. The molecule has 0 aliphatic carbocycles. The van der Waals surface area contributed by atoms with Crippen LogP contribution in [0.5, 0.6) is 0 Å². The number of benzene rings is 1. The first-order valence-electron chi connectivity index (χ1n) is 7.88. The van der Waals surface area contributed by atoms with Crippen LogP contribution in [0.2, 0.25) is 0 Å². The second-order valence-electron chi connectivity index (χ2n) is 6.07. The van der Waals surface area contributed by atoms with Crippen molar-refractivity contribution in [2.45, 2.75) is 32.9 Å². The Hall–Kier alpha value is -2.20. The molecule has 1 heterocycles. The van der Waals surface area contributed by atoms with E-state index in [0.29, 0.717) is 18.1 Å². The minimum Gasteiger partial charge on any atom is -0.380 e. The Kier molecular flexibility index (Phi) is 6.29. The molecule has 4 nitrogen and oxygen atoms in total. The fraction of sp³-hybridized carbons (Fsp3) is 0.368. The quantitative estimate of drug-likeness (QED) is 0.847. The van der Waals surface area contributed by atoms with E-state index in [1.54, 1.807) is 13.3 Å². The van der Waals surface area contributed by atoms with E-state index in [1.165, 1.54) is 0 Å². The number of methoxy groups -OCH3 is 1. The molecule has 0 fully saturated rings. The molecule has 1 atom stereocenters. The number of aromatic nitrogens is 1. The van der Waals surface area contributed by atoms with Crippen LogP contribution >= 0.6 is 0 Å². The molecule has 4 heteroatoms. The molecule has 1 aromatic carbocycles. The molecule has 1 amide bonds. The minimum absolute atomic E-state index is 0.0325. The molecule has 1 unspecified atom stereocenters. The van der Waals surface area contributed by atoms with E-state index in [4.69, 9.17) is 4.74 Å². The fourth-order valence-electron chi connectivity index (χ4n) is 2.49. The Morgan fingerprint density at radius 1 is 1.22 bits per heavy atom. The summed E-state index contributed by atoms with van der Waals surface area (Å²) in [5.41, 5.74) is 2.74. The highest BCUT2D eigenvalue weighted by Crippen LogP contribution is 2.21. The maximum absolute atomic E-state index is 12.5. The monoisotopic (exact) mass is 312 g/mol. The van der Waals surface area contributed by atoms with Gasteiger partial charge in [0.1, 0.15) is 0 Å². The van der Waals surface area contributed by atoms with Crippen LogP contribution in [0.3, 0.4) is 0 Å².